The van der Waals surface area contributed by atoms with Gasteiger partial charge in [0.05, 0.1) is 13.2 Å². The Labute approximate surface area is 61.6 Å². The van der Waals surface area contributed by atoms with Crippen LogP contribution in [0.15, 0.2) is 0 Å². The van der Waals surface area contributed by atoms with Crippen molar-refractivity contribution in [2.45, 2.75) is 6.18 Å². The molecule has 0 radical (unpaired) electrons. The van der Waals surface area contributed by atoms with Gasteiger partial charge in [-0.1, -0.05) is 0 Å². The molecule has 7 heteroatoms. The molecule has 64 valence electrons. The second-order valence-corrected chi connectivity index (χ2v) is 1.96. The first-order valence-electron chi connectivity index (χ1n) is 2.99. The van der Waals surface area contributed by atoms with Crippen molar-refractivity contribution in [3.05, 3.63) is 0 Å². The normalized spacial score (nSPS) is 19.4. The van der Waals surface area contributed by atoms with Crippen LogP contribution in [0, 0.1) is 0 Å². The van der Waals surface area contributed by atoms with Crippen molar-refractivity contribution in [2.75, 3.05) is 19.8 Å². The van der Waals surface area contributed by atoms with E-state index in [1.165, 1.54) is 0 Å². The Hall–Kier alpha value is -0.265. The molecular weight excluding hydrogens is 164 g/mol. The van der Waals surface area contributed by atoms with Gasteiger partial charge in [-0.3, -0.25) is 0 Å². The van der Waals surface area contributed by atoms with Crippen LogP contribution in [0.1, 0.15) is 0 Å². The summed E-state index contributed by atoms with van der Waals surface area (Å²) in [6, 6.07) is 0. The minimum Gasteiger partial charge on any atom is -0.384 e. The van der Waals surface area contributed by atoms with Gasteiger partial charge in [0, 0.05) is 0 Å². The third-order valence-corrected chi connectivity index (χ3v) is 0.974. The van der Waals surface area contributed by atoms with Gasteiger partial charge in [0.1, 0.15) is 6.61 Å². The highest BCUT2D eigenvalue weighted by molar-refractivity contribution is 6.36. The summed E-state index contributed by atoms with van der Waals surface area (Å²) >= 11 is 0. The highest BCUT2D eigenvalue weighted by Gasteiger charge is 2.34. The minimum atomic E-state index is -4.32. The zero-order chi connectivity index (χ0) is 8.32. The third kappa shape index (κ3) is 3.59. The van der Waals surface area contributed by atoms with Gasteiger partial charge in [0.25, 0.3) is 0 Å². The zero-order valence-corrected chi connectivity index (χ0v) is 5.56. The van der Waals surface area contributed by atoms with Gasteiger partial charge < -0.3 is 14.0 Å². The van der Waals surface area contributed by atoms with E-state index in [-0.39, 0.29) is 13.2 Å². The molecule has 0 amide bonds. The van der Waals surface area contributed by atoms with E-state index in [0.717, 1.165) is 0 Å². The number of alkyl halides is 3. The number of hydrogen-bond donors (Lipinski definition) is 0. The Morgan fingerprint density at radius 2 is 1.82 bits per heavy atom. The number of halogens is 3. The van der Waals surface area contributed by atoms with Crippen molar-refractivity contribution >= 4 is 7.32 Å². The quantitative estimate of drug-likeness (QED) is 0.567. The van der Waals surface area contributed by atoms with Crippen LogP contribution in [0.25, 0.3) is 0 Å². The molecule has 0 atom stereocenters. The Bertz CT molecular complexity index is 122. The van der Waals surface area contributed by atoms with Crippen molar-refractivity contribution < 1.29 is 27.1 Å². The summed E-state index contributed by atoms with van der Waals surface area (Å²) < 4.78 is 47.8. The summed E-state index contributed by atoms with van der Waals surface area (Å²) in [5, 5.41) is 0. The third-order valence-electron chi connectivity index (χ3n) is 0.974. The molecule has 1 saturated heterocycles. The topological polar surface area (TPSA) is 27.7 Å². The first-order chi connectivity index (χ1) is 5.08. The summed E-state index contributed by atoms with van der Waals surface area (Å²) in [6.07, 6.45) is -4.32. The van der Waals surface area contributed by atoms with Gasteiger partial charge in [-0.05, 0) is 0 Å². The van der Waals surface area contributed by atoms with E-state index < -0.39 is 20.1 Å². The number of rotatable bonds is 2. The SMILES string of the molecule is FC(F)(F)COB1OCCO1. The van der Waals surface area contributed by atoms with Gasteiger partial charge >= 0.3 is 13.5 Å². The lowest BCUT2D eigenvalue weighted by Crippen LogP contribution is -2.27. The van der Waals surface area contributed by atoms with Crippen LogP contribution < -0.4 is 0 Å². The Kier molecular flexibility index (Phi) is 2.75. The Morgan fingerprint density at radius 1 is 1.27 bits per heavy atom. The van der Waals surface area contributed by atoms with Crippen molar-refractivity contribution in [2.24, 2.45) is 0 Å². The molecule has 11 heavy (non-hydrogen) atoms. The lowest BCUT2D eigenvalue weighted by molar-refractivity contribution is -0.159. The van der Waals surface area contributed by atoms with Crippen molar-refractivity contribution in [3.63, 3.8) is 0 Å². The monoisotopic (exact) mass is 170 g/mol. The maximum atomic E-state index is 11.5. The molecule has 0 aromatic rings. The standard InChI is InChI=1S/C4H6BF3O3/c6-4(7,8)3-11-5-9-1-2-10-5/h1-3H2. The van der Waals surface area contributed by atoms with Gasteiger partial charge in [-0.2, -0.15) is 13.2 Å². The fourth-order valence-corrected chi connectivity index (χ4v) is 0.596. The molecule has 0 aromatic carbocycles. The van der Waals surface area contributed by atoms with Crippen molar-refractivity contribution in [1.82, 2.24) is 0 Å². The molecule has 1 rings (SSSR count). The van der Waals surface area contributed by atoms with Crippen molar-refractivity contribution in [1.29, 1.82) is 0 Å². The summed E-state index contributed by atoms with van der Waals surface area (Å²) in [5.74, 6) is 0. The van der Waals surface area contributed by atoms with Crippen LogP contribution in [-0.2, 0) is 14.0 Å². The lowest BCUT2D eigenvalue weighted by atomic mass is 10.2. The van der Waals surface area contributed by atoms with Crippen molar-refractivity contribution in [3.8, 4) is 0 Å². The van der Waals surface area contributed by atoms with E-state index in [0.29, 0.717) is 0 Å². The minimum absolute atomic E-state index is 0.280. The van der Waals surface area contributed by atoms with E-state index >= 15 is 0 Å². The zero-order valence-electron chi connectivity index (χ0n) is 5.56. The largest absolute Gasteiger partial charge is 0.639 e. The van der Waals surface area contributed by atoms with E-state index in [9.17, 15) is 13.2 Å². The maximum absolute atomic E-state index is 11.5. The second kappa shape index (κ2) is 3.42. The predicted octanol–water partition coefficient (Wildman–Crippen LogP) is 0.597. The van der Waals surface area contributed by atoms with Crippen LogP contribution in [0.5, 0.6) is 0 Å². The first-order valence-corrected chi connectivity index (χ1v) is 2.99. The molecule has 0 N–H and O–H groups in total. The molecule has 0 spiro atoms. The van der Waals surface area contributed by atoms with E-state index in [4.69, 9.17) is 0 Å². The van der Waals surface area contributed by atoms with Crippen LogP contribution in [-0.4, -0.2) is 33.3 Å². The van der Waals surface area contributed by atoms with Gasteiger partial charge in [-0.15, -0.1) is 0 Å². The Balaban J connectivity index is 2.11. The fourth-order valence-electron chi connectivity index (χ4n) is 0.596. The van der Waals surface area contributed by atoms with E-state index in [1.807, 2.05) is 0 Å². The molecule has 0 aromatic heterocycles. The van der Waals surface area contributed by atoms with Gasteiger partial charge in [0.15, 0.2) is 0 Å². The van der Waals surface area contributed by atoms with Gasteiger partial charge in [0.2, 0.25) is 0 Å². The maximum Gasteiger partial charge on any atom is 0.639 e. The average Bonchev–Trinajstić information content (AvgIpc) is 2.32. The van der Waals surface area contributed by atoms with E-state index in [1.54, 1.807) is 0 Å². The molecule has 1 aliphatic heterocycles. The highest BCUT2D eigenvalue weighted by atomic mass is 19.4. The fraction of sp³-hybridized carbons (Fsp3) is 1.00. The Morgan fingerprint density at radius 3 is 2.27 bits per heavy atom. The molecule has 0 unspecified atom stereocenters. The van der Waals surface area contributed by atoms with Crippen LogP contribution >= 0.6 is 0 Å². The predicted molar refractivity (Wildman–Crippen MR) is 29.7 cm³/mol. The molecule has 0 aliphatic carbocycles. The van der Waals surface area contributed by atoms with Crippen LogP contribution in [0.4, 0.5) is 13.2 Å². The molecule has 0 bridgehead atoms. The molecule has 1 fully saturated rings. The summed E-state index contributed by atoms with van der Waals surface area (Å²) in [4.78, 5) is 0. The molecule has 1 aliphatic rings. The smallest absolute Gasteiger partial charge is 0.384 e. The molecule has 3 nitrogen and oxygen atoms in total. The number of hydrogen-bond acceptors (Lipinski definition) is 3. The van der Waals surface area contributed by atoms with Gasteiger partial charge in [-0.25, -0.2) is 0 Å². The average molecular weight is 170 g/mol. The van der Waals surface area contributed by atoms with Crippen LogP contribution in [0.2, 0.25) is 0 Å². The molecule has 0 saturated carbocycles. The summed E-state index contributed by atoms with van der Waals surface area (Å²) in [6.45, 7) is -0.775. The van der Waals surface area contributed by atoms with Crippen LogP contribution in [0.3, 0.4) is 0 Å². The van der Waals surface area contributed by atoms with E-state index in [2.05, 4.69) is 14.0 Å². The highest BCUT2D eigenvalue weighted by Crippen LogP contribution is 2.15. The summed E-state index contributed by atoms with van der Waals surface area (Å²) in [5.41, 5.74) is 0. The molecule has 1 heterocycles. The first kappa shape index (κ1) is 8.83. The molecular formula is C4H6BF3O3. The second-order valence-electron chi connectivity index (χ2n) is 1.96. The lowest BCUT2D eigenvalue weighted by Gasteiger charge is -2.07. The summed E-state index contributed by atoms with van der Waals surface area (Å²) in [7, 11) is -1.14.